The van der Waals surface area contributed by atoms with Gasteiger partial charge in [0.2, 0.25) is 20.8 Å². The molecule has 0 aliphatic carbocycles. The number of hydrogen-bond donors (Lipinski definition) is 2. The predicted octanol–water partition coefficient (Wildman–Crippen LogP) is 4.76. The molecule has 79 heavy (non-hydrogen) atoms. The lowest BCUT2D eigenvalue weighted by molar-refractivity contribution is -0.369. The minimum Gasteiger partial charge on any atom is -0.726 e. The molecule has 446 valence electrons. The van der Waals surface area contributed by atoms with E-state index in [0.717, 1.165) is 18.4 Å². The molecule has 21 nitrogen and oxygen atoms in total. The summed E-state index contributed by atoms with van der Waals surface area (Å²) in [6.45, 7) is 23.3. The van der Waals surface area contributed by atoms with Crippen molar-refractivity contribution in [2.75, 3.05) is 6.61 Å². The molecule has 11 rings (SSSR count). The van der Waals surface area contributed by atoms with Crippen molar-refractivity contribution in [3.8, 4) is 0 Å². The van der Waals surface area contributed by atoms with E-state index < -0.39 is 129 Å². The smallest absolute Gasteiger partial charge is 0.218 e. The first-order chi connectivity index (χ1) is 37.0. The Kier molecular flexibility index (Phi) is 16.1. The Balaban J connectivity index is 0.745. The van der Waals surface area contributed by atoms with Crippen LogP contribution in [0.4, 0.5) is 0 Å². The molecule has 11 aliphatic rings. The lowest BCUT2D eigenvalue weighted by atomic mass is 9.73. The molecular weight excluding hydrogens is 1070 g/mol. The number of aliphatic hydroxyl groups excluding tert-OH is 1. The summed E-state index contributed by atoms with van der Waals surface area (Å²) in [6, 6.07) is 0. The van der Waals surface area contributed by atoms with Crippen LogP contribution in [-0.2, 0) is 81.3 Å². The molecule has 0 radical (unpaired) electrons. The fourth-order valence-corrected chi connectivity index (χ4v) is 16.4. The van der Waals surface area contributed by atoms with Gasteiger partial charge in [0, 0.05) is 44.9 Å². The zero-order valence-electron chi connectivity index (χ0n) is 46.3. The molecule has 0 aromatic heterocycles. The van der Waals surface area contributed by atoms with E-state index in [-0.39, 0.29) is 74.0 Å². The first kappa shape index (κ1) is 58.9. The summed E-state index contributed by atoms with van der Waals surface area (Å²) < 4.78 is 154. The highest BCUT2D eigenvalue weighted by atomic mass is 32.3. The van der Waals surface area contributed by atoms with Crippen LogP contribution >= 0.6 is 0 Å². The van der Waals surface area contributed by atoms with Crippen LogP contribution in [-0.4, -0.2) is 193 Å². The van der Waals surface area contributed by atoms with E-state index in [0.29, 0.717) is 69.8 Å². The molecule has 0 aromatic rings. The lowest BCUT2D eigenvalue weighted by Crippen LogP contribution is -2.74. The molecule has 0 amide bonds. The van der Waals surface area contributed by atoms with Crippen LogP contribution in [0.15, 0.2) is 49.1 Å². The number of allylic oxidation sites excluding steroid dienone is 3. The van der Waals surface area contributed by atoms with E-state index in [4.69, 9.17) is 56.3 Å². The summed E-state index contributed by atoms with van der Waals surface area (Å²) in [5, 5.41) is 24.0. The van der Waals surface area contributed by atoms with Crippen molar-refractivity contribution in [1.29, 1.82) is 0 Å². The molecule has 11 saturated heterocycles. The van der Waals surface area contributed by atoms with Gasteiger partial charge in [-0.25, -0.2) is 16.8 Å². The number of ether oxygens (including phenoxy) is 11. The molecule has 26 atom stereocenters. The fraction of sp³-hybridized carbons (Fsp3) is 0.857. The Morgan fingerprint density at radius 3 is 1.94 bits per heavy atom. The van der Waals surface area contributed by atoms with Crippen LogP contribution < -0.4 is 0 Å². The van der Waals surface area contributed by atoms with Gasteiger partial charge in [-0.3, -0.25) is 8.37 Å². The molecule has 0 aromatic carbocycles. The highest BCUT2D eigenvalue weighted by molar-refractivity contribution is 7.81. The van der Waals surface area contributed by atoms with E-state index in [9.17, 15) is 36.2 Å². The molecule has 11 aliphatic heterocycles. The molecule has 11 heterocycles. The lowest BCUT2D eigenvalue weighted by Gasteiger charge is -2.61. The van der Waals surface area contributed by atoms with Crippen molar-refractivity contribution >= 4 is 20.8 Å². The maximum Gasteiger partial charge on any atom is 0.218 e. The van der Waals surface area contributed by atoms with E-state index >= 15 is 0 Å². The monoisotopic (exact) mass is 1150 g/mol. The quantitative estimate of drug-likeness (QED) is 0.0876. The largest absolute Gasteiger partial charge is 0.726 e. The highest BCUT2D eigenvalue weighted by Crippen LogP contribution is 2.54. The number of fused-ring (bicyclic) bond motifs is 10. The maximum atomic E-state index is 12.3. The van der Waals surface area contributed by atoms with Gasteiger partial charge in [-0.05, 0) is 97.5 Å². The van der Waals surface area contributed by atoms with Gasteiger partial charge in [-0.1, -0.05) is 43.9 Å². The molecule has 11 fully saturated rings. The highest BCUT2D eigenvalue weighted by Gasteiger charge is 2.65. The Morgan fingerprint density at radius 2 is 1.28 bits per heavy atom. The molecule has 23 heteroatoms. The van der Waals surface area contributed by atoms with Crippen LogP contribution in [0.1, 0.15) is 138 Å². The standard InChI is InChI=1S/C56H84O21S2/c1-10-12-29(2)13-17-52(5,58)51-31(4)21-40-39(72-51)27-47-56(9,75-40)50(57)49-43(71-47)25-42-48(73-49)30(3)14-18-54(7)45(70-42)28-44-55(8,77-54)19-15-32-33(69-44)22-35-34(66-32)23-36-37(67-35)24-41-38(68-36)26-46(76-79(62,63)64)53(6,74-41)16-11-20-65-78(59,60)61/h10,13,17,30,32-51,57-58H,1-2,4,11-12,14-16,18-28H2,3,5-9H3,(H,59,60,61)(H,62,63,64)/p-2/b17-13+/t30-,32-,33+,34+,35-,36-,37+,38+,39+,40-,41-,42-,43+,44-,45+,46-,47-,48+,49+,50+,51+,52+,53+,54-,55+,56-/m0/s1. The van der Waals surface area contributed by atoms with Gasteiger partial charge in [-0.2, -0.15) is 0 Å². The SMILES string of the molecule is C=CCC(=C)/C=C/[C@@](C)(O)[C@@H]1O[C@@H]2C[C@@H]3O[C@@H]4C[C@@H]5O[C@@H]6C[C@@H]7O[C@@H]8C[C@@H]9O[C@@H]%10C[C@@H]%11O[C@](C)(CCCOS(=O)(=O)[O-])[C@@H](OS(=O)(=O)[O-])C[C@H]%11O[C@H]%10C[C@H]9O[C@H]8CC[C@@]7(C)O[C@@]6(C)CC[C@H](C)[C@H]5O[C@H]4[C@@H](O)[C@@]3(C)O[C@H]2CC1=C. The Hall–Kier alpha value is -1.82. The third-order valence-corrected chi connectivity index (χ3v) is 20.8. The van der Waals surface area contributed by atoms with Crippen LogP contribution in [0.2, 0.25) is 0 Å². The second-order valence-corrected chi connectivity index (χ2v) is 27.9. The summed E-state index contributed by atoms with van der Waals surface area (Å²) in [7, 11) is -10.1. The molecule has 2 N–H and O–H groups in total. The topological polar surface area (TPSA) is 275 Å². The third kappa shape index (κ3) is 11.7. The van der Waals surface area contributed by atoms with Gasteiger partial charge in [0.15, 0.2) is 0 Å². The average molecular weight is 1160 g/mol. The van der Waals surface area contributed by atoms with Gasteiger partial charge >= 0.3 is 0 Å². The van der Waals surface area contributed by atoms with E-state index in [1.165, 1.54) is 0 Å². The predicted molar refractivity (Wildman–Crippen MR) is 277 cm³/mol. The Morgan fingerprint density at radius 1 is 0.709 bits per heavy atom. The summed E-state index contributed by atoms with van der Waals surface area (Å²) in [4.78, 5) is 0. The van der Waals surface area contributed by atoms with Crippen molar-refractivity contribution in [3.05, 3.63) is 49.1 Å². The normalized spacial score (nSPS) is 50.5. The minimum absolute atomic E-state index is 0.00137. The van der Waals surface area contributed by atoms with Crippen LogP contribution in [0, 0.1) is 5.92 Å². The van der Waals surface area contributed by atoms with Gasteiger partial charge in [0.05, 0.1) is 121 Å². The van der Waals surface area contributed by atoms with Crippen LogP contribution in [0.25, 0.3) is 0 Å². The number of aliphatic hydroxyl groups is 2. The molecule has 0 unspecified atom stereocenters. The van der Waals surface area contributed by atoms with E-state index in [2.05, 4.69) is 44.7 Å². The molecule has 0 spiro atoms. The van der Waals surface area contributed by atoms with E-state index in [1.54, 1.807) is 32.1 Å². The first-order valence-electron chi connectivity index (χ1n) is 28.6. The molecule has 0 bridgehead atoms. The van der Waals surface area contributed by atoms with Crippen molar-refractivity contribution < 1.29 is 96.6 Å². The maximum absolute atomic E-state index is 12.3. The minimum atomic E-state index is -5.17. The average Bonchev–Trinajstić information content (AvgIpc) is 3.76. The van der Waals surface area contributed by atoms with Crippen LogP contribution in [0.5, 0.6) is 0 Å². The fourth-order valence-electron chi connectivity index (χ4n) is 15.5. The molecular formula is C56H82O21S2-2. The summed E-state index contributed by atoms with van der Waals surface area (Å²) in [5.74, 6) is 0.0649. The second-order valence-electron chi connectivity index (χ2n) is 25.8. The summed E-state index contributed by atoms with van der Waals surface area (Å²) in [6.07, 6.45) is 2.04. The van der Waals surface area contributed by atoms with Gasteiger partial charge in [0.1, 0.15) is 35.6 Å². The summed E-state index contributed by atoms with van der Waals surface area (Å²) in [5.41, 5.74) is -3.62. The molecule has 0 saturated carbocycles. The van der Waals surface area contributed by atoms with Crippen molar-refractivity contribution in [2.24, 2.45) is 5.92 Å². The van der Waals surface area contributed by atoms with Crippen LogP contribution in [0.3, 0.4) is 0 Å². The van der Waals surface area contributed by atoms with Gasteiger partial charge in [-0.15, -0.1) is 6.58 Å². The van der Waals surface area contributed by atoms with Gasteiger partial charge < -0.3 is 71.4 Å². The first-order valence-corrected chi connectivity index (χ1v) is 31.3. The van der Waals surface area contributed by atoms with Crippen molar-refractivity contribution in [3.63, 3.8) is 0 Å². The Bertz CT molecular complexity index is 2560. The third-order valence-electron chi connectivity index (χ3n) is 19.8. The summed E-state index contributed by atoms with van der Waals surface area (Å²) >= 11 is 0. The zero-order valence-corrected chi connectivity index (χ0v) is 47.9. The number of rotatable bonds is 12. The Labute approximate surface area is 465 Å². The zero-order chi connectivity index (χ0) is 56.4. The van der Waals surface area contributed by atoms with Crippen molar-refractivity contribution in [2.45, 2.75) is 288 Å². The van der Waals surface area contributed by atoms with Crippen molar-refractivity contribution in [1.82, 2.24) is 0 Å². The van der Waals surface area contributed by atoms with Gasteiger partial charge in [0.25, 0.3) is 0 Å². The number of hydrogen-bond acceptors (Lipinski definition) is 21. The van der Waals surface area contributed by atoms with E-state index in [1.807, 2.05) is 6.92 Å². The second kappa shape index (κ2) is 21.6.